The Balaban J connectivity index is 1.39. The molecule has 1 saturated carbocycles. The Kier molecular flexibility index (Phi) is 5.98. The quantitative estimate of drug-likeness (QED) is 0.618. The number of carbonyl (C=O) groups excluding carboxylic acids is 1. The topological polar surface area (TPSA) is 75.7 Å². The fourth-order valence-electron chi connectivity index (χ4n) is 5.19. The minimum atomic E-state index is -0.224. The number of phenols is 1. The van der Waals surface area contributed by atoms with Crippen LogP contribution in [-0.2, 0) is 6.42 Å². The molecule has 2 N–H and O–H groups in total. The number of phenolic OH excluding ortho intramolecular Hbond substituents is 1. The predicted octanol–water partition coefficient (Wildman–Crippen LogP) is 4.03. The smallest absolute Gasteiger partial charge is 0.261 e. The molecule has 0 spiro atoms. The molecule has 3 aromatic rings. The van der Waals surface area contributed by atoms with Gasteiger partial charge in [0.1, 0.15) is 5.75 Å². The second-order valence-corrected chi connectivity index (χ2v) is 9.62. The van der Waals surface area contributed by atoms with Crippen LogP contribution in [0.5, 0.6) is 5.75 Å². The highest BCUT2D eigenvalue weighted by atomic mass is 16.3. The Bertz CT molecular complexity index is 1140. The van der Waals surface area contributed by atoms with Crippen LogP contribution in [0.2, 0.25) is 0 Å². The number of rotatable bonds is 5. The summed E-state index contributed by atoms with van der Waals surface area (Å²) in [5.74, 6) is 0.410. The number of aromatic hydroxyl groups is 1. The van der Waals surface area contributed by atoms with Gasteiger partial charge in [0.15, 0.2) is 0 Å². The molecule has 0 radical (unpaired) electrons. The van der Waals surface area contributed by atoms with Gasteiger partial charge in [0.05, 0.1) is 11.1 Å². The van der Waals surface area contributed by atoms with Crippen molar-refractivity contribution in [3.63, 3.8) is 0 Å². The lowest BCUT2D eigenvalue weighted by atomic mass is 9.99. The summed E-state index contributed by atoms with van der Waals surface area (Å²) in [4.78, 5) is 19.7. The average molecular weight is 448 g/mol. The maximum Gasteiger partial charge on any atom is 0.261 e. The number of aromatic nitrogens is 2. The first-order chi connectivity index (χ1) is 16.0. The molecule has 1 aliphatic carbocycles. The number of nitrogens with zero attached hydrogens (tertiary/aromatic N) is 4. The van der Waals surface area contributed by atoms with Gasteiger partial charge in [-0.3, -0.25) is 9.89 Å². The van der Waals surface area contributed by atoms with Gasteiger partial charge in [-0.05, 0) is 43.7 Å². The first-order valence-corrected chi connectivity index (χ1v) is 12.0. The zero-order valence-electron chi connectivity index (χ0n) is 19.5. The maximum absolute atomic E-state index is 13.4. The van der Waals surface area contributed by atoms with E-state index in [4.69, 9.17) is 0 Å². The summed E-state index contributed by atoms with van der Waals surface area (Å²) < 4.78 is 0. The van der Waals surface area contributed by atoms with Gasteiger partial charge in [0.25, 0.3) is 5.91 Å². The Labute approximate surface area is 195 Å². The number of amides is 1. The summed E-state index contributed by atoms with van der Waals surface area (Å²) in [6.45, 7) is 4.00. The summed E-state index contributed by atoms with van der Waals surface area (Å²) in [6, 6.07) is 11.5. The normalized spacial score (nSPS) is 17.7. The van der Waals surface area contributed by atoms with Crippen LogP contribution in [0.15, 0.2) is 36.4 Å². The molecule has 2 heterocycles. The molecule has 1 aromatic heterocycles. The number of hydrogen-bond acceptors (Lipinski definition) is 5. The maximum atomic E-state index is 13.4. The van der Waals surface area contributed by atoms with Crippen molar-refractivity contribution >= 4 is 28.2 Å². The molecule has 2 aromatic carbocycles. The zero-order chi connectivity index (χ0) is 22.9. The highest BCUT2D eigenvalue weighted by Crippen LogP contribution is 2.33. The Hall–Kier alpha value is -3.06. The van der Waals surface area contributed by atoms with Gasteiger partial charge >= 0.3 is 0 Å². The molecule has 2 fully saturated rings. The SMILES string of the molecule is CN1CCN(c2cccc(N(C)C(=O)c3cc4c(CC5CCCC5)[nH]nc4cc3O)c2)CC1. The Morgan fingerprint density at radius 2 is 1.91 bits per heavy atom. The van der Waals surface area contributed by atoms with Crippen molar-refractivity contribution < 1.29 is 9.90 Å². The standard InChI is InChI=1S/C26H33N5O2/c1-29-10-12-31(13-11-29)20-9-5-8-19(15-20)30(2)26(33)22-16-21-23(14-18-6-3-4-7-18)27-28-24(21)17-25(22)32/h5,8-9,15-18,32H,3-4,6-7,10-14H2,1-2H3,(H,27,28). The second-order valence-electron chi connectivity index (χ2n) is 9.62. The van der Waals surface area contributed by atoms with Crippen molar-refractivity contribution in [2.45, 2.75) is 32.1 Å². The molecule has 174 valence electrons. The zero-order valence-corrected chi connectivity index (χ0v) is 19.5. The molecular weight excluding hydrogens is 414 g/mol. The van der Waals surface area contributed by atoms with E-state index >= 15 is 0 Å². The van der Waals surface area contributed by atoms with E-state index in [1.54, 1.807) is 18.0 Å². The van der Waals surface area contributed by atoms with Crippen LogP contribution in [-0.4, -0.2) is 66.4 Å². The van der Waals surface area contributed by atoms with Gasteiger partial charge in [0.2, 0.25) is 0 Å². The highest BCUT2D eigenvalue weighted by Gasteiger charge is 2.23. The number of hydrogen-bond donors (Lipinski definition) is 2. The van der Waals surface area contributed by atoms with Crippen LogP contribution < -0.4 is 9.80 Å². The van der Waals surface area contributed by atoms with Crippen molar-refractivity contribution in [1.82, 2.24) is 15.1 Å². The third kappa shape index (κ3) is 4.42. The number of carbonyl (C=O) groups is 1. The molecule has 0 atom stereocenters. The van der Waals surface area contributed by atoms with Crippen molar-refractivity contribution in [3.05, 3.63) is 47.7 Å². The summed E-state index contributed by atoms with van der Waals surface area (Å²) >= 11 is 0. The van der Waals surface area contributed by atoms with Gasteiger partial charge in [-0.25, -0.2) is 0 Å². The Morgan fingerprint density at radius 1 is 1.15 bits per heavy atom. The highest BCUT2D eigenvalue weighted by molar-refractivity contribution is 6.09. The van der Waals surface area contributed by atoms with E-state index < -0.39 is 0 Å². The van der Waals surface area contributed by atoms with Gasteiger partial charge in [0, 0.05) is 61.7 Å². The predicted molar refractivity (Wildman–Crippen MR) is 132 cm³/mol. The fourth-order valence-corrected chi connectivity index (χ4v) is 5.19. The fraction of sp³-hybridized carbons (Fsp3) is 0.462. The number of aromatic amines is 1. The number of H-pyrrole nitrogens is 1. The number of likely N-dealkylation sites (N-methyl/N-ethyl adjacent to an activating group) is 1. The van der Waals surface area contributed by atoms with Crippen LogP contribution in [0.4, 0.5) is 11.4 Å². The first kappa shape index (κ1) is 21.8. The van der Waals surface area contributed by atoms with E-state index in [0.717, 1.165) is 55.1 Å². The second kappa shape index (κ2) is 9.06. The van der Waals surface area contributed by atoms with Gasteiger partial charge < -0.3 is 19.8 Å². The number of benzene rings is 2. The van der Waals surface area contributed by atoms with Crippen LogP contribution in [0.25, 0.3) is 10.9 Å². The van der Waals surface area contributed by atoms with E-state index in [2.05, 4.69) is 39.2 Å². The number of nitrogens with one attached hydrogen (secondary N) is 1. The number of fused-ring (bicyclic) bond motifs is 1. The van der Waals surface area contributed by atoms with Crippen molar-refractivity contribution in [1.29, 1.82) is 0 Å². The minimum absolute atomic E-state index is 0.0338. The molecule has 0 bridgehead atoms. The molecule has 1 amide bonds. The lowest BCUT2D eigenvalue weighted by Crippen LogP contribution is -2.44. The minimum Gasteiger partial charge on any atom is -0.507 e. The summed E-state index contributed by atoms with van der Waals surface area (Å²) in [5, 5.41) is 19.1. The molecule has 1 saturated heterocycles. The molecule has 7 heteroatoms. The molecule has 2 aliphatic rings. The number of anilines is 2. The van der Waals surface area contributed by atoms with Crippen LogP contribution in [0.1, 0.15) is 41.7 Å². The van der Waals surface area contributed by atoms with Crippen LogP contribution in [0, 0.1) is 5.92 Å². The lowest BCUT2D eigenvalue weighted by Gasteiger charge is -2.34. The molecule has 33 heavy (non-hydrogen) atoms. The van der Waals surface area contributed by atoms with Gasteiger partial charge in [-0.2, -0.15) is 5.10 Å². The first-order valence-electron chi connectivity index (χ1n) is 12.0. The van der Waals surface area contributed by atoms with Crippen LogP contribution in [0.3, 0.4) is 0 Å². The lowest BCUT2D eigenvalue weighted by molar-refractivity contribution is 0.0990. The Morgan fingerprint density at radius 3 is 2.67 bits per heavy atom. The average Bonchev–Trinajstić information content (AvgIpc) is 3.48. The van der Waals surface area contributed by atoms with Crippen LogP contribution >= 0.6 is 0 Å². The molecule has 0 unspecified atom stereocenters. The van der Waals surface area contributed by atoms with Gasteiger partial charge in [-0.1, -0.05) is 31.7 Å². The summed E-state index contributed by atoms with van der Waals surface area (Å²) in [5.41, 5.74) is 4.01. The van der Waals surface area contributed by atoms with E-state index in [9.17, 15) is 9.90 Å². The summed E-state index contributed by atoms with van der Waals surface area (Å²) in [6.07, 6.45) is 6.02. The summed E-state index contributed by atoms with van der Waals surface area (Å²) in [7, 11) is 3.91. The van der Waals surface area contributed by atoms with E-state index in [0.29, 0.717) is 17.0 Å². The van der Waals surface area contributed by atoms with Crippen molar-refractivity contribution in [3.8, 4) is 5.75 Å². The van der Waals surface area contributed by atoms with E-state index in [1.807, 2.05) is 18.2 Å². The molecular formula is C26H33N5O2. The largest absolute Gasteiger partial charge is 0.507 e. The number of piperazine rings is 1. The molecule has 7 nitrogen and oxygen atoms in total. The van der Waals surface area contributed by atoms with Crippen molar-refractivity contribution in [2.75, 3.05) is 50.1 Å². The van der Waals surface area contributed by atoms with E-state index in [1.165, 1.54) is 25.7 Å². The molecule has 5 rings (SSSR count). The van der Waals surface area contributed by atoms with Crippen molar-refractivity contribution in [2.24, 2.45) is 5.92 Å². The van der Waals surface area contributed by atoms with E-state index in [-0.39, 0.29) is 11.7 Å². The van der Waals surface area contributed by atoms with Gasteiger partial charge in [-0.15, -0.1) is 0 Å². The third-order valence-corrected chi connectivity index (χ3v) is 7.34. The molecule has 1 aliphatic heterocycles. The third-order valence-electron chi connectivity index (χ3n) is 7.34. The monoisotopic (exact) mass is 447 g/mol.